The maximum absolute atomic E-state index is 10.9. The number of fused-ring (bicyclic) bond motifs is 1. The Morgan fingerprint density at radius 1 is 0.880 bits per heavy atom. The average molecular weight is 338 g/mol. The van der Waals surface area contributed by atoms with E-state index in [2.05, 4.69) is 0 Å². The fourth-order valence-corrected chi connectivity index (χ4v) is 3.31. The standard InChI is InChI=1S/C21H22O4/c1-4-15-18(20(23)17-8-6-5-7-16(17)19(15)22)21(25-3)13-9-11-14(24-2)12-10-13/h5-12,21-23H,4H2,1-3H3. The van der Waals surface area contributed by atoms with Crippen molar-refractivity contribution >= 4 is 10.8 Å². The molecule has 1 unspecified atom stereocenters. The van der Waals surface area contributed by atoms with Crippen molar-refractivity contribution in [2.24, 2.45) is 0 Å². The molecule has 2 N–H and O–H groups in total. The molecule has 0 fully saturated rings. The molecule has 130 valence electrons. The molecule has 3 rings (SSSR count). The lowest BCUT2D eigenvalue weighted by Crippen LogP contribution is -2.08. The second-order valence-corrected chi connectivity index (χ2v) is 5.88. The molecule has 4 heteroatoms. The van der Waals surface area contributed by atoms with E-state index in [0.717, 1.165) is 11.3 Å². The van der Waals surface area contributed by atoms with Gasteiger partial charge in [-0.15, -0.1) is 0 Å². The van der Waals surface area contributed by atoms with Crippen LogP contribution in [0.2, 0.25) is 0 Å². The molecule has 0 amide bonds. The monoisotopic (exact) mass is 338 g/mol. The van der Waals surface area contributed by atoms with Crippen LogP contribution in [0.1, 0.15) is 29.7 Å². The summed E-state index contributed by atoms with van der Waals surface area (Å²) in [5.74, 6) is 1.09. The maximum atomic E-state index is 10.9. The normalized spacial score (nSPS) is 12.3. The molecule has 25 heavy (non-hydrogen) atoms. The number of phenols is 2. The fourth-order valence-electron chi connectivity index (χ4n) is 3.31. The summed E-state index contributed by atoms with van der Waals surface area (Å²) in [6.45, 7) is 1.95. The van der Waals surface area contributed by atoms with E-state index in [4.69, 9.17) is 9.47 Å². The van der Waals surface area contributed by atoms with Gasteiger partial charge in [0, 0.05) is 29.0 Å². The molecule has 3 aromatic carbocycles. The Hall–Kier alpha value is -2.72. The molecule has 0 heterocycles. The van der Waals surface area contributed by atoms with Crippen LogP contribution in [0.5, 0.6) is 17.2 Å². The summed E-state index contributed by atoms with van der Waals surface area (Å²) in [7, 11) is 3.21. The third kappa shape index (κ3) is 2.89. The number of methoxy groups -OCH3 is 2. The van der Waals surface area contributed by atoms with Crippen molar-refractivity contribution in [1.29, 1.82) is 0 Å². The Balaban J connectivity index is 2.25. The van der Waals surface area contributed by atoms with Gasteiger partial charge in [0.25, 0.3) is 0 Å². The largest absolute Gasteiger partial charge is 0.507 e. The number of benzene rings is 3. The molecular formula is C21H22O4. The Morgan fingerprint density at radius 2 is 1.48 bits per heavy atom. The van der Waals surface area contributed by atoms with Crippen molar-refractivity contribution in [2.75, 3.05) is 14.2 Å². The zero-order valence-electron chi connectivity index (χ0n) is 14.6. The van der Waals surface area contributed by atoms with Gasteiger partial charge in [0.2, 0.25) is 0 Å². The molecule has 0 aromatic heterocycles. The zero-order valence-corrected chi connectivity index (χ0v) is 14.6. The molecule has 1 atom stereocenters. The minimum absolute atomic E-state index is 0.146. The Kier molecular flexibility index (Phi) is 4.81. The van der Waals surface area contributed by atoms with Gasteiger partial charge in [-0.25, -0.2) is 0 Å². The molecule has 0 saturated carbocycles. The van der Waals surface area contributed by atoms with Crippen LogP contribution in [-0.2, 0) is 11.2 Å². The number of aromatic hydroxyl groups is 2. The summed E-state index contributed by atoms with van der Waals surface area (Å²) in [4.78, 5) is 0. The van der Waals surface area contributed by atoms with Crippen molar-refractivity contribution < 1.29 is 19.7 Å². The smallest absolute Gasteiger partial charge is 0.130 e. The van der Waals surface area contributed by atoms with Crippen LogP contribution < -0.4 is 4.74 Å². The van der Waals surface area contributed by atoms with Crippen LogP contribution in [-0.4, -0.2) is 24.4 Å². The third-order valence-corrected chi connectivity index (χ3v) is 4.57. The lowest BCUT2D eigenvalue weighted by molar-refractivity contribution is 0.133. The van der Waals surface area contributed by atoms with Gasteiger partial charge in [0.15, 0.2) is 0 Å². The van der Waals surface area contributed by atoms with Crippen LogP contribution in [0, 0.1) is 0 Å². The Bertz CT molecular complexity index is 885. The van der Waals surface area contributed by atoms with Gasteiger partial charge in [-0.2, -0.15) is 0 Å². The first-order valence-corrected chi connectivity index (χ1v) is 8.24. The van der Waals surface area contributed by atoms with E-state index < -0.39 is 6.10 Å². The number of phenolic OH excluding ortho intramolecular Hbond substituents is 2. The van der Waals surface area contributed by atoms with E-state index in [0.29, 0.717) is 28.3 Å². The first kappa shape index (κ1) is 17.1. The minimum Gasteiger partial charge on any atom is -0.507 e. The molecule has 0 spiro atoms. The van der Waals surface area contributed by atoms with Crippen molar-refractivity contribution in [2.45, 2.75) is 19.4 Å². The van der Waals surface area contributed by atoms with Crippen LogP contribution in [0.25, 0.3) is 10.8 Å². The molecule has 0 aliphatic heterocycles. The van der Waals surface area contributed by atoms with Crippen molar-refractivity contribution in [1.82, 2.24) is 0 Å². The van der Waals surface area contributed by atoms with Crippen LogP contribution in [0.3, 0.4) is 0 Å². The second-order valence-electron chi connectivity index (χ2n) is 5.88. The lowest BCUT2D eigenvalue weighted by Gasteiger charge is -2.23. The van der Waals surface area contributed by atoms with Crippen LogP contribution in [0.4, 0.5) is 0 Å². The second kappa shape index (κ2) is 7.03. The van der Waals surface area contributed by atoms with Gasteiger partial charge >= 0.3 is 0 Å². The molecule has 4 nitrogen and oxygen atoms in total. The summed E-state index contributed by atoms with van der Waals surface area (Å²) in [6, 6.07) is 14.8. The van der Waals surface area contributed by atoms with E-state index in [1.54, 1.807) is 20.3 Å². The van der Waals surface area contributed by atoms with Gasteiger partial charge in [-0.3, -0.25) is 0 Å². The summed E-state index contributed by atoms with van der Waals surface area (Å²) < 4.78 is 10.9. The first-order valence-electron chi connectivity index (χ1n) is 8.24. The van der Waals surface area contributed by atoms with Crippen molar-refractivity contribution in [3.63, 3.8) is 0 Å². The summed E-state index contributed by atoms with van der Waals surface area (Å²) in [6.07, 6.45) is 0.0895. The highest BCUT2D eigenvalue weighted by Gasteiger charge is 2.25. The van der Waals surface area contributed by atoms with Gasteiger partial charge in [-0.05, 0) is 24.1 Å². The first-order chi connectivity index (χ1) is 12.1. The quantitative estimate of drug-likeness (QED) is 0.670. The number of hydrogen-bond donors (Lipinski definition) is 2. The molecule has 3 aromatic rings. The molecule has 0 bridgehead atoms. The topological polar surface area (TPSA) is 58.9 Å². The highest BCUT2D eigenvalue weighted by atomic mass is 16.5. The van der Waals surface area contributed by atoms with Gasteiger partial charge in [-0.1, -0.05) is 43.3 Å². The fraction of sp³-hybridized carbons (Fsp3) is 0.238. The van der Waals surface area contributed by atoms with E-state index in [9.17, 15) is 10.2 Å². The van der Waals surface area contributed by atoms with Gasteiger partial charge in [0.05, 0.1) is 7.11 Å². The number of ether oxygens (including phenoxy) is 2. The molecule has 0 saturated heterocycles. The van der Waals surface area contributed by atoms with Crippen LogP contribution >= 0.6 is 0 Å². The number of rotatable bonds is 5. The molecule has 0 aliphatic rings. The third-order valence-electron chi connectivity index (χ3n) is 4.57. The highest BCUT2D eigenvalue weighted by molar-refractivity contribution is 5.95. The summed E-state index contributed by atoms with van der Waals surface area (Å²) in [5.41, 5.74) is 2.17. The minimum atomic E-state index is -0.489. The van der Waals surface area contributed by atoms with Gasteiger partial charge in [0.1, 0.15) is 23.4 Å². The Labute approximate surface area is 147 Å². The highest BCUT2D eigenvalue weighted by Crippen LogP contribution is 2.45. The summed E-state index contributed by atoms with van der Waals surface area (Å²) >= 11 is 0. The van der Waals surface area contributed by atoms with E-state index in [1.807, 2.05) is 49.4 Å². The lowest BCUT2D eigenvalue weighted by atomic mass is 9.90. The van der Waals surface area contributed by atoms with E-state index in [-0.39, 0.29) is 11.5 Å². The zero-order chi connectivity index (χ0) is 18.0. The Morgan fingerprint density at radius 3 is 2.00 bits per heavy atom. The van der Waals surface area contributed by atoms with E-state index >= 15 is 0 Å². The average Bonchev–Trinajstić information content (AvgIpc) is 2.67. The van der Waals surface area contributed by atoms with Gasteiger partial charge < -0.3 is 19.7 Å². The predicted molar refractivity (Wildman–Crippen MR) is 98.5 cm³/mol. The van der Waals surface area contributed by atoms with Crippen LogP contribution in [0.15, 0.2) is 48.5 Å². The summed E-state index contributed by atoms with van der Waals surface area (Å²) in [5, 5.41) is 22.9. The molecule has 0 aliphatic carbocycles. The maximum Gasteiger partial charge on any atom is 0.130 e. The van der Waals surface area contributed by atoms with Crippen molar-refractivity contribution in [3.05, 3.63) is 65.2 Å². The predicted octanol–water partition coefficient (Wildman–Crippen LogP) is 4.56. The van der Waals surface area contributed by atoms with E-state index in [1.165, 1.54) is 0 Å². The molecular weight excluding hydrogens is 316 g/mol. The molecule has 0 radical (unpaired) electrons. The SMILES string of the molecule is CCc1c(C(OC)c2ccc(OC)cc2)c(O)c2ccccc2c1O. The number of hydrogen-bond acceptors (Lipinski definition) is 4. The van der Waals surface area contributed by atoms with Crippen molar-refractivity contribution in [3.8, 4) is 17.2 Å².